The Kier molecular flexibility index (Phi) is 2.50. The molecule has 0 nitrogen and oxygen atoms in total. The first kappa shape index (κ1) is 9.04. The number of hydrogen-bond acceptors (Lipinski definition) is 0. The molecule has 2 rings (SSSR count). The van der Waals surface area contributed by atoms with Crippen LogP contribution in [0.1, 0.15) is 22.4 Å². The lowest BCUT2D eigenvalue weighted by Crippen LogP contribution is -1.86. The van der Waals surface area contributed by atoms with Crippen molar-refractivity contribution in [1.29, 1.82) is 0 Å². The fourth-order valence-electron chi connectivity index (χ4n) is 1.62. The second kappa shape index (κ2) is 3.32. The third kappa shape index (κ3) is 1.34. The van der Waals surface area contributed by atoms with E-state index in [-0.39, 0.29) is 0 Å². The quantitative estimate of drug-likeness (QED) is 0.620. The Morgan fingerprint density at radius 1 is 1.42 bits per heavy atom. The zero-order valence-electron chi connectivity index (χ0n) is 6.28. The van der Waals surface area contributed by atoms with Crippen LogP contribution in [0.15, 0.2) is 16.6 Å². The van der Waals surface area contributed by atoms with Crippen molar-refractivity contribution in [2.24, 2.45) is 0 Å². The van der Waals surface area contributed by atoms with Gasteiger partial charge in [-0.05, 0) is 36.1 Å². The smallest absolute Gasteiger partial charge is 0.0441 e. The Hall–Kier alpha value is 0.470. The monoisotopic (exact) mass is 308 g/mol. The van der Waals surface area contributed by atoms with Gasteiger partial charge in [0.2, 0.25) is 0 Å². The minimum Gasteiger partial charge on any atom is -0.0840 e. The molecule has 0 saturated heterocycles. The fourth-order valence-corrected chi connectivity index (χ4v) is 3.58. The highest BCUT2D eigenvalue weighted by Crippen LogP contribution is 2.44. The summed E-state index contributed by atoms with van der Waals surface area (Å²) in [5.41, 5.74) is 2.63. The molecule has 1 aromatic rings. The van der Waals surface area contributed by atoms with Gasteiger partial charge in [-0.15, -0.1) is 0 Å². The number of rotatable bonds is 0. The topological polar surface area (TPSA) is 0 Å². The largest absolute Gasteiger partial charge is 0.0840 e. The van der Waals surface area contributed by atoms with Crippen molar-refractivity contribution in [2.45, 2.75) is 17.7 Å². The summed E-state index contributed by atoms with van der Waals surface area (Å²) in [6, 6.07) is 3.97. The Bertz CT molecular complexity index is 323. The fraction of sp³-hybridized carbons (Fsp3) is 0.333. The third-order valence-corrected chi connectivity index (χ3v) is 4.17. The van der Waals surface area contributed by atoms with E-state index in [4.69, 9.17) is 11.6 Å². The van der Waals surface area contributed by atoms with Crippen molar-refractivity contribution in [3.05, 3.63) is 32.8 Å². The highest BCUT2D eigenvalue weighted by molar-refractivity contribution is 9.11. The van der Waals surface area contributed by atoms with Gasteiger partial charge in [-0.25, -0.2) is 0 Å². The Morgan fingerprint density at radius 3 is 2.83 bits per heavy atom. The second-order valence-electron chi connectivity index (χ2n) is 2.93. The van der Waals surface area contributed by atoms with Crippen molar-refractivity contribution >= 4 is 43.5 Å². The summed E-state index contributed by atoms with van der Waals surface area (Å²) in [6.07, 6.45) is 2.24. The number of fused-ring (bicyclic) bond motifs is 1. The van der Waals surface area contributed by atoms with E-state index in [1.807, 2.05) is 12.1 Å². The number of hydrogen-bond donors (Lipinski definition) is 0. The van der Waals surface area contributed by atoms with Crippen LogP contribution in [0.3, 0.4) is 0 Å². The zero-order valence-corrected chi connectivity index (χ0v) is 10.2. The standard InChI is InChI=1S/C9H7Br2Cl/c10-6-2-1-5-8(12)4-3-7(11)9(5)6/h3-4,6H,1-2H2. The summed E-state index contributed by atoms with van der Waals surface area (Å²) in [6.45, 7) is 0. The molecule has 0 radical (unpaired) electrons. The van der Waals surface area contributed by atoms with E-state index in [0.717, 1.165) is 17.9 Å². The first-order chi connectivity index (χ1) is 5.70. The lowest BCUT2D eigenvalue weighted by Gasteiger charge is -2.06. The molecule has 12 heavy (non-hydrogen) atoms. The van der Waals surface area contributed by atoms with Gasteiger partial charge in [0.25, 0.3) is 0 Å². The highest BCUT2D eigenvalue weighted by Gasteiger charge is 2.24. The summed E-state index contributed by atoms with van der Waals surface area (Å²) in [7, 11) is 0. The first-order valence-corrected chi connectivity index (χ1v) is 5.89. The van der Waals surface area contributed by atoms with E-state index >= 15 is 0 Å². The molecule has 1 unspecified atom stereocenters. The maximum atomic E-state index is 6.07. The van der Waals surface area contributed by atoms with Gasteiger partial charge >= 0.3 is 0 Å². The summed E-state index contributed by atoms with van der Waals surface area (Å²) in [5, 5.41) is 0.898. The molecule has 0 saturated carbocycles. The van der Waals surface area contributed by atoms with Gasteiger partial charge in [-0.3, -0.25) is 0 Å². The van der Waals surface area contributed by atoms with E-state index in [1.54, 1.807) is 0 Å². The minimum absolute atomic E-state index is 0.473. The maximum absolute atomic E-state index is 6.07. The molecule has 0 heterocycles. The van der Waals surface area contributed by atoms with Gasteiger partial charge < -0.3 is 0 Å². The van der Waals surface area contributed by atoms with Crippen molar-refractivity contribution in [1.82, 2.24) is 0 Å². The molecule has 0 bridgehead atoms. The van der Waals surface area contributed by atoms with Crippen molar-refractivity contribution in [3.8, 4) is 0 Å². The molecule has 0 aromatic heterocycles. The Morgan fingerprint density at radius 2 is 2.17 bits per heavy atom. The van der Waals surface area contributed by atoms with Gasteiger partial charge in [0.05, 0.1) is 0 Å². The lowest BCUT2D eigenvalue weighted by molar-refractivity contribution is 0.902. The molecule has 1 atom stereocenters. The lowest BCUT2D eigenvalue weighted by atomic mass is 10.1. The molecular weight excluding hydrogens is 303 g/mol. The summed E-state index contributed by atoms with van der Waals surface area (Å²) in [5.74, 6) is 0. The molecule has 0 N–H and O–H groups in total. The van der Waals surface area contributed by atoms with Gasteiger partial charge in [0.15, 0.2) is 0 Å². The van der Waals surface area contributed by atoms with E-state index in [0.29, 0.717) is 4.83 Å². The van der Waals surface area contributed by atoms with Crippen LogP contribution in [-0.4, -0.2) is 0 Å². The van der Waals surface area contributed by atoms with Crippen LogP contribution in [-0.2, 0) is 6.42 Å². The van der Waals surface area contributed by atoms with Crippen LogP contribution in [0.5, 0.6) is 0 Å². The second-order valence-corrected chi connectivity index (χ2v) is 5.29. The zero-order chi connectivity index (χ0) is 8.72. The van der Waals surface area contributed by atoms with Crippen molar-refractivity contribution in [2.75, 3.05) is 0 Å². The van der Waals surface area contributed by atoms with Crippen molar-refractivity contribution < 1.29 is 0 Å². The molecule has 3 heteroatoms. The summed E-state index contributed by atoms with van der Waals surface area (Å²) in [4.78, 5) is 0.473. The average molecular weight is 310 g/mol. The van der Waals surface area contributed by atoms with Gasteiger partial charge in [0, 0.05) is 14.3 Å². The molecule has 1 aromatic carbocycles. The molecule has 0 fully saturated rings. The molecule has 0 spiro atoms. The number of alkyl halides is 1. The van der Waals surface area contributed by atoms with E-state index in [1.165, 1.54) is 15.6 Å². The van der Waals surface area contributed by atoms with Crippen LogP contribution in [0, 0.1) is 0 Å². The van der Waals surface area contributed by atoms with Crippen LogP contribution in [0.25, 0.3) is 0 Å². The predicted octanol–water partition coefficient (Wildman–Crippen LogP) is 4.48. The molecule has 1 aliphatic rings. The highest BCUT2D eigenvalue weighted by atomic mass is 79.9. The Labute approximate surface area is 93.6 Å². The third-order valence-electron chi connectivity index (χ3n) is 2.21. The van der Waals surface area contributed by atoms with Crippen LogP contribution in [0.4, 0.5) is 0 Å². The number of halogens is 3. The summed E-state index contributed by atoms with van der Waals surface area (Å²) >= 11 is 13.2. The van der Waals surface area contributed by atoms with E-state index in [9.17, 15) is 0 Å². The van der Waals surface area contributed by atoms with Gasteiger partial charge in [-0.1, -0.05) is 43.5 Å². The SMILES string of the molecule is Clc1ccc(Br)c2c1CCC2Br. The van der Waals surface area contributed by atoms with E-state index < -0.39 is 0 Å². The number of benzene rings is 1. The van der Waals surface area contributed by atoms with Gasteiger partial charge in [0.1, 0.15) is 0 Å². The minimum atomic E-state index is 0.473. The molecule has 64 valence electrons. The molecule has 1 aliphatic carbocycles. The van der Waals surface area contributed by atoms with Crippen molar-refractivity contribution in [3.63, 3.8) is 0 Å². The van der Waals surface area contributed by atoms with Gasteiger partial charge in [-0.2, -0.15) is 0 Å². The van der Waals surface area contributed by atoms with E-state index in [2.05, 4.69) is 31.9 Å². The molecule has 0 amide bonds. The predicted molar refractivity (Wildman–Crippen MR) is 59.1 cm³/mol. The maximum Gasteiger partial charge on any atom is 0.0441 e. The summed E-state index contributed by atoms with van der Waals surface area (Å²) < 4.78 is 1.17. The Balaban J connectivity index is 2.64. The first-order valence-electron chi connectivity index (χ1n) is 3.81. The van der Waals surface area contributed by atoms with Crippen LogP contribution in [0.2, 0.25) is 5.02 Å². The normalized spacial score (nSPS) is 21.1. The van der Waals surface area contributed by atoms with Crippen LogP contribution < -0.4 is 0 Å². The van der Waals surface area contributed by atoms with Crippen LogP contribution >= 0.6 is 43.5 Å². The average Bonchev–Trinajstić information content (AvgIpc) is 2.42. The molecular formula is C9H7Br2Cl. The molecule has 0 aliphatic heterocycles.